The van der Waals surface area contributed by atoms with E-state index in [1.54, 1.807) is 19.9 Å². The lowest BCUT2D eigenvalue weighted by Gasteiger charge is -2.25. The molecule has 1 atom stereocenters. The summed E-state index contributed by atoms with van der Waals surface area (Å²) >= 11 is 0. The van der Waals surface area contributed by atoms with E-state index >= 15 is 0 Å². The third-order valence-electron chi connectivity index (χ3n) is 3.66. The first-order valence-corrected chi connectivity index (χ1v) is 6.75. The Morgan fingerprint density at radius 2 is 1.90 bits per heavy atom. The predicted octanol–water partition coefficient (Wildman–Crippen LogP) is 3.35. The van der Waals surface area contributed by atoms with Crippen LogP contribution in [0.2, 0.25) is 0 Å². The highest BCUT2D eigenvalue weighted by molar-refractivity contribution is 6.01. The maximum atomic E-state index is 13.3. The zero-order valence-corrected chi connectivity index (χ0v) is 11.8. The number of imide groups is 1. The fraction of sp³-hybridized carbons (Fsp3) is 0.467. The summed E-state index contributed by atoms with van der Waals surface area (Å²) in [4.78, 5) is 22.9. The summed E-state index contributed by atoms with van der Waals surface area (Å²) < 4.78 is 39.8. The number of halogens is 3. The molecule has 0 bridgehead atoms. The van der Waals surface area contributed by atoms with Crippen LogP contribution in [0.4, 0.5) is 13.2 Å². The Balaban J connectivity index is 2.48. The first-order valence-electron chi connectivity index (χ1n) is 6.75. The molecule has 6 heteroatoms. The SMILES string of the molecule is CC(C)c1ccc(C2CCC(=O)NC2=O)c(C(F)(F)F)c1. The summed E-state index contributed by atoms with van der Waals surface area (Å²) in [5, 5.41) is 2.10. The number of carbonyl (C=O) groups excluding carboxylic acids is 2. The van der Waals surface area contributed by atoms with Gasteiger partial charge in [-0.05, 0) is 29.5 Å². The van der Waals surface area contributed by atoms with Gasteiger partial charge in [-0.3, -0.25) is 14.9 Å². The van der Waals surface area contributed by atoms with E-state index in [0.29, 0.717) is 5.56 Å². The molecule has 114 valence electrons. The van der Waals surface area contributed by atoms with Crippen molar-refractivity contribution in [1.82, 2.24) is 5.32 Å². The Labute approximate surface area is 120 Å². The van der Waals surface area contributed by atoms with Crippen molar-refractivity contribution in [3.8, 4) is 0 Å². The summed E-state index contributed by atoms with van der Waals surface area (Å²) in [6.45, 7) is 3.61. The number of hydrogen-bond donors (Lipinski definition) is 1. The van der Waals surface area contributed by atoms with E-state index in [2.05, 4.69) is 5.32 Å². The summed E-state index contributed by atoms with van der Waals surface area (Å²) in [7, 11) is 0. The number of hydrogen-bond acceptors (Lipinski definition) is 2. The molecule has 1 aliphatic heterocycles. The first kappa shape index (κ1) is 15.5. The molecule has 1 saturated heterocycles. The molecule has 1 fully saturated rings. The highest BCUT2D eigenvalue weighted by Gasteiger charge is 2.38. The molecule has 1 N–H and O–H groups in total. The molecule has 1 aromatic rings. The van der Waals surface area contributed by atoms with Gasteiger partial charge in [0.25, 0.3) is 0 Å². The molecule has 2 amide bonds. The van der Waals surface area contributed by atoms with E-state index in [0.717, 1.165) is 6.07 Å². The third kappa shape index (κ3) is 3.25. The van der Waals surface area contributed by atoms with Crippen molar-refractivity contribution < 1.29 is 22.8 Å². The van der Waals surface area contributed by atoms with Gasteiger partial charge in [0, 0.05) is 6.42 Å². The largest absolute Gasteiger partial charge is 0.416 e. The maximum absolute atomic E-state index is 13.3. The van der Waals surface area contributed by atoms with E-state index in [-0.39, 0.29) is 24.3 Å². The molecule has 0 spiro atoms. The number of benzene rings is 1. The van der Waals surface area contributed by atoms with Gasteiger partial charge in [-0.2, -0.15) is 13.2 Å². The van der Waals surface area contributed by atoms with E-state index in [1.807, 2.05) is 0 Å². The molecule has 0 aromatic heterocycles. The van der Waals surface area contributed by atoms with Crippen molar-refractivity contribution in [2.45, 2.75) is 44.7 Å². The summed E-state index contributed by atoms with van der Waals surface area (Å²) in [5.41, 5.74) is -0.279. The van der Waals surface area contributed by atoms with Crippen LogP contribution < -0.4 is 5.32 Å². The van der Waals surface area contributed by atoms with Crippen molar-refractivity contribution >= 4 is 11.8 Å². The zero-order chi connectivity index (χ0) is 15.8. The van der Waals surface area contributed by atoms with Crippen LogP contribution in [0.5, 0.6) is 0 Å². The van der Waals surface area contributed by atoms with Gasteiger partial charge in [-0.25, -0.2) is 0 Å². The highest BCUT2D eigenvalue weighted by Crippen LogP contribution is 2.39. The highest BCUT2D eigenvalue weighted by atomic mass is 19.4. The Kier molecular flexibility index (Phi) is 4.07. The van der Waals surface area contributed by atoms with Gasteiger partial charge in [-0.1, -0.05) is 26.0 Å². The molecule has 1 aromatic carbocycles. The van der Waals surface area contributed by atoms with Gasteiger partial charge in [0.2, 0.25) is 11.8 Å². The quantitative estimate of drug-likeness (QED) is 0.851. The average molecular weight is 299 g/mol. The number of alkyl halides is 3. The van der Waals surface area contributed by atoms with Crippen LogP contribution in [-0.4, -0.2) is 11.8 Å². The van der Waals surface area contributed by atoms with E-state index in [9.17, 15) is 22.8 Å². The summed E-state index contributed by atoms with van der Waals surface area (Å²) in [6, 6.07) is 4.07. The predicted molar refractivity (Wildman–Crippen MR) is 70.7 cm³/mol. The molecule has 1 heterocycles. The molecule has 0 aliphatic carbocycles. The molecule has 0 radical (unpaired) electrons. The molecular weight excluding hydrogens is 283 g/mol. The fourth-order valence-electron chi connectivity index (χ4n) is 2.47. The van der Waals surface area contributed by atoms with Gasteiger partial charge in [0.15, 0.2) is 0 Å². The van der Waals surface area contributed by atoms with Crippen LogP contribution in [0.15, 0.2) is 18.2 Å². The molecule has 2 rings (SSSR count). The van der Waals surface area contributed by atoms with Gasteiger partial charge in [0.05, 0.1) is 11.5 Å². The van der Waals surface area contributed by atoms with Crippen LogP contribution in [0.25, 0.3) is 0 Å². The lowest BCUT2D eigenvalue weighted by molar-refractivity contribution is -0.139. The monoisotopic (exact) mass is 299 g/mol. The number of rotatable bonds is 2. The van der Waals surface area contributed by atoms with E-state index < -0.39 is 29.5 Å². The fourth-order valence-corrected chi connectivity index (χ4v) is 2.47. The standard InChI is InChI=1S/C15H16F3NO2/c1-8(2)9-3-4-10(12(7-9)15(16,17)18)11-5-6-13(20)19-14(11)21/h3-4,7-8,11H,5-6H2,1-2H3,(H,19,20,21). The average Bonchev–Trinajstić information content (AvgIpc) is 2.37. The van der Waals surface area contributed by atoms with Crippen LogP contribution in [0.3, 0.4) is 0 Å². The minimum atomic E-state index is -4.53. The van der Waals surface area contributed by atoms with Crippen LogP contribution >= 0.6 is 0 Å². The minimum absolute atomic E-state index is 0.0399. The lowest BCUT2D eigenvalue weighted by Crippen LogP contribution is -2.40. The Morgan fingerprint density at radius 1 is 1.24 bits per heavy atom. The Hall–Kier alpha value is -1.85. The van der Waals surface area contributed by atoms with Crippen molar-refractivity contribution in [3.05, 3.63) is 34.9 Å². The molecule has 1 aliphatic rings. The first-order chi connectivity index (χ1) is 9.70. The number of carbonyl (C=O) groups is 2. The second-order valence-corrected chi connectivity index (χ2v) is 5.50. The van der Waals surface area contributed by atoms with Gasteiger partial charge in [-0.15, -0.1) is 0 Å². The normalized spacial score (nSPS) is 19.8. The molecule has 21 heavy (non-hydrogen) atoms. The van der Waals surface area contributed by atoms with Crippen LogP contribution in [0.1, 0.15) is 55.2 Å². The van der Waals surface area contributed by atoms with Crippen molar-refractivity contribution in [2.75, 3.05) is 0 Å². The second-order valence-electron chi connectivity index (χ2n) is 5.50. The molecular formula is C15H16F3NO2. The van der Waals surface area contributed by atoms with Crippen molar-refractivity contribution in [1.29, 1.82) is 0 Å². The number of piperidine rings is 1. The molecule has 0 saturated carbocycles. The van der Waals surface area contributed by atoms with Crippen molar-refractivity contribution in [3.63, 3.8) is 0 Å². The van der Waals surface area contributed by atoms with E-state index in [1.165, 1.54) is 6.07 Å². The van der Waals surface area contributed by atoms with E-state index in [4.69, 9.17) is 0 Å². The molecule has 3 nitrogen and oxygen atoms in total. The Bertz CT molecular complexity index is 579. The lowest BCUT2D eigenvalue weighted by atomic mass is 9.85. The third-order valence-corrected chi connectivity index (χ3v) is 3.66. The van der Waals surface area contributed by atoms with Crippen molar-refractivity contribution in [2.24, 2.45) is 0 Å². The van der Waals surface area contributed by atoms with Gasteiger partial charge < -0.3 is 0 Å². The summed E-state index contributed by atoms with van der Waals surface area (Å²) in [6.07, 6.45) is -4.36. The topological polar surface area (TPSA) is 46.2 Å². The van der Waals surface area contributed by atoms with Gasteiger partial charge >= 0.3 is 6.18 Å². The summed E-state index contributed by atoms with van der Waals surface area (Å²) in [5.74, 6) is -2.07. The number of amides is 2. The number of nitrogens with one attached hydrogen (secondary N) is 1. The minimum Gasteiger partial charge on any atom is -0.296 e. The zero-order valence-electron chi connectivity index (χ0n) is 11.8. The van der Waals surface area contributed by atoms with Crippen LogP contribution in [-0.2, 0) is 15.8 Å². The molecule has 1 unspecified atom stereocenters. The van der Waals surface area contributed by atoms with Gasteiger partial charge in [0.1, 0.15) is 0 Å². The maximum Gasteiger partial charge on any atom is 0.416 e. The van der Waals surface area contributed by atoms with Crippen LogP contribution in [0, 0.1) is 0 Å². The smallest absolute Gasteiger partial charge is 0.296 e. The second kappa shape index (κ2) is 5.50. The Morgan fingerprint density at radius 3 is 2.43 bits per heavy atom.